The van der Waals surface area contributed by atoms with E-state index in [0.717, 1.165) is 5.56 Å². The molecule has 34 heavy (non-hydrogen) atoms. The minimum Gasteiger partial charge on any atom is -0.497 e. The fraction of sp³-hybridized carbons (Fsp3) is 0.192. The maximum Gasteiger partial charge on any atom is 0.285 e. The van der Waals surface area contributed by atoms with Gasteiger partial charge in [-0.05, 0) is 29.3 Å². The van der Waals surface area contributed by atoms with Gasteiger partial charge in [-0.1, -0.05) is 48.5 Å². The van der Waals surface area contributed by atoms with E-state index < -0.39 is 23.6 Å². The van der Waals surface area contributed by atoms with E-state index in [1.807, 2.05) is 30.3 Å². The van der Waals surface area contributed by atoms with Gasteiger partial charge in [-0.15, -0.1) is 5.06 Å². The molecule has 1 unspecified atom stereocenters. The van der Waals surface area contributed by atoms with Gasteiger partial charge in [-0.2, -0.15) is 0 Å². The second-order valence-electron chi connectivity index (χ2n) is 7.61. The Morgan fingerprint density at radius 1 is 0.941 bits per heavy atom. The number of carbonyl (C=O) groups excluding carboxylic acids is 3. The summed E-state index contributed by atoms with van der Waals surface area (Å²) in [6.45, 7) is 0.134. The molecule has 0 spiro atoms. The van der Waals surface area contributed by atoms with Crippen molar-refractivity contribution in [3.63, 3.8) is 0 Å². The van der Waals surface area contributed by atoms with Crippen LogP contribution >= 0.6 is 0 Å². The van der Waals surface area contributed by atoms with Crippen LogP contribution in [0.25, 0.3) is 0 Å². The molecule has 0 radical (unpaired) electrons. The maximum absolute atomic E-state index is 13.3. The van der Waals surface area contributed by atoms with Crippen molar-refractivity contribution in [2.75, 3.05) is 14.2 Å². The Kier molecular flexibility index (Phi) is 6.89. The maximum atomic E-state index is 13.3. The van der Waals surface area contributed by atoms with E-state index in [-0.39, 0.29) is 18.7 Å². The standard InChI is InChI=1S/C26H24N2O6/c1-32-19-13-12-18(22(14-19)33-2)15-27-24(29)23-20-10-6-7-11-21(20)25(30)28(26(23)31)34-16-17-8-4-3-5-9-17/h3-14,23H,15-16H2,1-2H3,(H,27,29). The molecule has 0 saturated carbocycles. The summed E-state index contributed by atoms with van der Waals surface area (Å²) in [5.74, 6) is -1.95. The molecule has 0 aromatic heterocycles. The Bertz CT molecular complexity index is 1210. The average Bonchev–Trinajstić information content (AvgIpc) is 2.88. The number of hydrogen-bond acceptors (Lipinski definition) is 6. The third-order valence-electron chi connectivity index (χ3n) is 5.55. The van der Waals surface area contributed by atoms with Crippen LogP contribution in [0.1, 0.15) is 33.0 Å². The molecular weight excluding hydrogens is 436 g/mol. The third kappa shape index (κ3) is 4.62. The first-order valence-electron chi connectivity index (χ1n) is 10.7. The molecule has 3 aromatic rings. The van der Waals surface area contributed by atoms with Gasteiger partial charge < -0.3 is 14.8 Å². The zero-order valence-corrected chi connectivity index (χ0v) is 18.8. The van der Waals surface area contributed by atoms with Crippen molar-refractivity contribution in [1.82, 2.24) is 10.4 Å². The fourth-order valence-electron chi connectivity index (χ4n) is 3.77. The van der Waals surface area contributed by atoms with Crippen LogP contribution in [0, 0.1) is 0 Å². The Hall–Kier alpha value is -4.17. The SMILES string of the molecule is COc1ccc(CNC(=O)C2C(=O)N(OCc3ccccc3)C(=O)c3ccccc32)c(OC)c1. The first-order chi connectivity index (χ1) is 16.5. The number of fused-ring (bicyclic) bond motifs is 1. The molecule has 0 bridgehead atoms. The van der Waals surface area contributed by atoms with Crippen molar-refractivity contribution < 1.29 is 28.7 Å². The summed E-state index contributed by atoms with van der Waals surface area (Å²) in [7, 11) is 3.07. The summed E-state index contributed by atoms with van der Waals surface area (Å²) < 4.78 is 10.6. The molecule has 1 aliphatic rings. The summed E-state index contributed by atoms with van der Waals surface area (Å²) in [4.78, 5) is 45.0. The van der Waals surface area contributed by atoms with Crippen molar-refractivity contribution in [2.24, 2.45) is 0 Å². The van der Waals surface area contributed by atoms with Gasteiger partial charge in [0, 0.05) is 23.7 Å². The Balaban J connectivity index is 1.56. The highest BCUT2D eigenvalue weighted by atomic mass is 16.7. The summed E-state index contributed by atoms with van der Waals surface area (Å²) in [5.41, 5.74) is 2.09. The van der Waals surface area contributed by atoms with Crippen LogP contribution in [0.2, 0.25) is 0 Å². The monoisotopic (exact) mass is 460 g/mol. The minimum atomic E-state index is -1.23. The van der Waals surface area contributed by atoms with E-state index in [2.05, 4.69) is 5.32 Å². The molecule has 0 aliphatic carbocycles. The van der Waals surface area contributed by atoms with Crippen molar-refractivity contribution in [1.29, 1.82) is 0 Å². The van der Waals surface area contributed by atoms with Crippen LogP contribution in [0.15, 0.2) is 72.8 Å². The lowest BCUT2D eigenvalue weighted by Crippen LogP contribution is -2.49. The molecule has 1 atom stereocenters. The van der Waals surface area contributed by atoms with Crippen molar-refractivity contribution in [3.05, 3.63) is 95.1 Å². The number of imide groups is 1. The number of nitrogens with one attached hydrogen (secondary N) is 1. The van der Waals surface area contributed by atoms with E-state index >= 15 is 0 Å². The number of carbonyl (C=O) groups is 3. The molecule has 3 amide bonds. The van der Waals surface area contributed by atoms with Gasteiger partial charge in [0.25, 0.3) is 11.8 Å². The van der Waals surface area contributed by atoms with E-state index in [4.69, 9.17) is 14.3 Å². The molecule has 8 nitrogen and oxygen atoms in total. The molecule has 8 heteroatoms. The van der Waals surface area contributed by atoms with Crippen LogP contribution in [0.3, 0.4) is 0 Å². The van der Waals surface area contributed by atoms with Gasteiger partial charge in [0.1, 0.15) is 24.0 Å². The van der Waals surface area contributed by atoms with Gasteiger partial charge in [-0.3, -0.25) is 19.2 Å². The number of amides is 3. The zero-order chi connectivity index (χ0) is 24.1. The Morgan fingerprint density at radius 3 is 2.41 bits per heavy atom. The molecule has 0 fully saturated rings. The Morgan fingerprint density at radius 2 is 1.68 bits per heavy atom. The molecule has 0 saturated heterocycles. The molecule has 4 rings (SSSR count). The van der Waals surface area contributed by atoms with E-state index in [0.29, 0.717) is 27.7 Å². The first-order valence-corrected chi connectivity index (χ1v) is 10.7. The second-order valence-corrected chi connectivity index (χ2v) is 7.61. The highest BCUT2D eigenvalue weighted by Crippen LogP contribution is 2.31. The third-order valence-corrected chi connectivity index (χ3v) is 5.55. The number of nitrogens with zero attached hydrogens (tertiary/aromatic N) is 1. The van der Waals surface area contributed by atoms with Crippen molar-refractivity contribution >= 4 is 17.7 Å². The van der Waals surface area contributed by atoms with Crippen LogP contribution in [0.4, 0.5) is 0 Å². The van der Waals surface area contributed by atoms with Gasteiger partial charge in [0.05, 0.1) is 14.2 Å². The van der Waals surface area contributed by atoms with Gasteiger partial charge in [0.15, 0.2) is 0 Å². The average molecular weight is 460 g/mol. The highest BCUT2D eigenvalue weighted by molar-refractivity contribution is 6.18. The lowest BCUT2D eigenvalue weighted by molar-refractivity contribution is -0.177. The fourth-order valence-corrected chi connectivity index (χ4v) is 3.77. The predicted molar refractivity (Wildman–Crippen MR) is 123 cm³/mol. The molecule has 1 heterocycles. The number of methoxy groups -OCH3 is 2. The summed E-state index contributed by atoms with van der Waals surface area (Å²) in [5, 5.41) is 3.48. The molecule has 1 aliphatic heterocycles. The van der Waals surface area contributed by atoms with Crippen LogP contribution < -0.4 is 14.8 Å². The number of hydroxylamine groups is 2. The van der Waals surface area contributed by atoms with Crippen LogP contribution in [0.5, 0.6) is 11.5 Å². The van der Waals surface area contributed by atoms with Gasteiger partial charge in [-0.25, -0.2) is 0 Å². The summed E-state index contributed by atoms with van der Waals surface area (Å²) in [6, 6.07) is 20.9. The van der Waals surface area contributed by atoms with Crippen molar-refractivity contribution in [2.45, 2.75) is 19.1 Å². The number of ether oxygens (including phenoxy) is 2. The molecule has 174 valence electrons. The van der Waals surface area contributed by atoms with Crippen LogP contribution in [-0.2, 0) is 27.6 Å². The van der Waals surface area contributed by atoms with Gasteiger partial charge in [0.2, 0.25) is 5.91 Å². The summed E-state index contributed by atoms with van der Waals surface area (Å²) in [6.07, 6.45) is 0. The molecular formula is C26H24N2O6. The number of rotatable bonds is 8. The highest BCUT2D eigenvalue weighted by Gasteiger charge is 2.43. The second kappa shape index (κ2) is 10.2. The van der Waals surface area contributed by atoms with Gasteiger partial charge >= 0.3 is 0 Å². The number of benzene rings is 3. The predicted octanol–water partition coefficient (Wildman–Crippen LogP) is 3.22. The van der Waals surface area contributed by atoms with Crippen LogP contribution in [-0.4, -0.2) is 37.0 Å². The lowest BCUT2D eigenvalue weighted by atomic mass is 9.88. The normalized spacial score (nSPS) is 15.0. The van der Waals surface area contributed by atoms with E-state index in [1.165, 1.54) is 7.11 Å². The van der Waals surface area contributed by atoms with E-state index in [9.17, 15) is 14.4 Å². The minimum absolute atomic E-state index is 0.0118. The smallest absolute Gasteiger partial charge is 0.285 e. The quantitative estimate of drug-likeness (QED) is 0.410. The molecule has 3 aromatic carbocycles. The summed E-state index contributed by atoms with van der Waals surface area (Å²) >= 11 is 0. The lowest BCUT2D eigenvalue weighted by Gasteiger charge is -2.30. The van der Waals surface area contributed by atoms with Crippen molar-refractivity contribution in [3.8, 4) is 11.5 Å². The zero-order valence-electron chi connectivity index (χ0n) is 18.8. The largest absolute Gasteiger partial charge is 0.497 e. The first kappa shape index (κ1) is 23.0. The molecule has 1 N–H and O–H groups in total. The topological polar surface area (TPSA) is 94.2 Å². The number of hydrogen-bond donors (Lipinski definition) is 1. The Labute approximate surface area is 197 Å². The van der Waals surface area contributed by atoms with E-state index in [1.54, 1.807) is 49.6 Å².